The Morgan fingerprint density at radius 2 is 2.39 bits per heavy atom. The molecule has 1 aliphatic heterocycles. The van der Waals surface area contributed by atoms with Gasteiger partial charge < -0.3 is 14.8 Å². The van der Waals surface area contributed by atoms with Crippen molar-refractivity contribution in [2.24, 2.45) is 7.05 Å². The molecule has 23 heavy (non-hydrogen) atoms. The lowest BCUT2D eigenvalue weighted by Gasteiger charge is -2.19. The summed E-state index contributed by atoms with van der Waals surface area (Å²) in [5, 5.41) is 7.24. The minimum Gasteiger partial charge on any atom is -0.494 e. The molecule has 0 radical (unpaired) electrons. The van der Waals surface area contributed by atoms with E-state index in [9.17, 15) is 4.79 Å². The first-order valence-corrected chi connectivity index (χ1v) is 7.81. The van der Waals surface area contributed by atoms with Gasteiger partial charge in [-0.3, -0.25) is 9.48 Å². The monoisotopic (exact) mass is 315 g/mol. The van der Waals surface area contributed by atoms with E-state index in [4.69, 9.17) is 9.47 Å². The van der Waals surface area contributed by atoms with Gasteiger partial charge in [0, 0.05) is 31.0 Å². The van der Waals surface area contributed by atoms with Crippen LogP contribution in [0.3, 0.4) is 0 Å². The standard InChI is InChI=1S/C17H21N3O3/c1-3-22-14-6-4-5-12(9-14)17(21)19-15-7-8-23-16(15)13-10-18-20(2)11-13/h4-6,9-11,15-16H,3,7-8H2,1-2H3,(H,19,21)/t15-,16+/m0/s1. The predicted octanol–water partition coefficient (Wildman–Crippen LogP) is 2.08. The SMILES string of the molecule is CCOc1cccc(C(=O)N[C@H]2CCO[C@@H]2c2cnn(C)c2)c1. The Labute approximate surface area is 135 Å². The fraction of sp³-hybridized carbons (Fsp3) is 0.412. The molecule has 2 heterocycles. The molecule has 0 spiro atoms. The van der Waals surface area contributed by atoms with E-state index >= 15 is 0 Å². The zero-order chi connectivity index (χ0) is 16.2. The summed E-state index contributed by atoms with van der Waals surface area (Å²) in [7, 11) is 1.87. The second-order valence-electron chi connectivity index (χ2n) is 5.57. The number of nitrogens with one attached hydrogen (secondary N) is 1. The highest BCUT2D eigenvalue weighted by Crippen LogP contribution is 2.29. The zero-order valence-corrected chi connectivity index (χ0v) is 13.4. The van der Waals surface area contributed by atoms with Gasteiger partial charge in [-0.05, 0) is 31.5 Å². The van der Waals surface area contributed by atoms with E-state index in [2.05, 4.69) is 10.4 Å². The molecular weight excluding hydrogens is 294 g/mol. The second kappa shape index (κ2) is 6.83. The summed E-state index contributed by atoms with van der Waals surface area (Å²) in [6.45, 7) is 3.12. The van der Waals surface area contributed by atoms with Crippen molar-refractivity contribution >= 4 is 5.91 Å². The van der Waals surface area contributed by atoms with Crippen LogP contribution >= 0.6 is 0 Å². The van der Waals surface area contributed by atoms with Crippen molar-refractivity contribution in [1.82, 2.24) is 15.1 Å². The van der Waals surface area contributed by atoms with Gasteiger partial charge in [-0.25, -0.2) is 0 Å². The van der Waals surface area contributed by atoms with Gasteiger partial charge in [-0.2, -0.15) is 5.10 Å². The third kappa shape index (κ3) is 3.53. The highest BCUT2D eigenvalue weighted by Gasteiger charge is 2.32. The number of carbonyl (C=O) groups is 1. The molecule has 122 valence electrons. The molecule has 0 aliphatic carbocycles. The van der Waals surface area contributed by atoms with Crippen molar-refractivity contribution < 1.29 is 14.3 Å². The number of aromatic nitrogens is 2. The van der Waals surface area contributed by atoms with Gasteiger partial charge >= 0.3 is 0 Å². The number of hydrogen-bond donors (Lipinski definition) is 1. The molecule has 0 saturated carbocycles. The molecule has 6 heteroatoms. The van der Waals surface area contributed by atoms with Gasteiger partial charge in [0.1, 0.15) is 11.9 Å². The maximum atomic E-state index is 12.5. The number of aryl methyl sites for hydroxylation is 1. The first kappa shape index (κ1) is 15.6. The van der Waals surface area contributed by atoms with Crippen LogP contribution < -0.4 is 10.1 Å². The molecule has 0 bridgehead atoms. The normalized spacial score (nSPS) is 20.4. The van der Waals surface area contributed by atoms with Crippen molar-refractivity contribution in [3.05, 3.63) is 47.8 Å². The van der Waals surface area contributed by atoms with Crippen LogP contribution in [-0.2, 0) is 11.8 Å². The molecule has 1 fully saturated rings. The molecular formula is C17H21N3O3. The number of carbonyl (C=O) groups excluding carboxylic acids is 1. The number of rotatable bonds is 5. The molecule has 6 nitrogen and oxygen atoms in total. The second-order valence-corrected chi connectivity index (χ2v) is 5.57. The summed E-state index contributed by atoms with van der Waals surface area (Å²) in [6, 6.07) is 7.16. The van der Waals surface area contributed by atoms with Crippen LogP contribution in [0, 0.1) is 0 Å². The minimum atomic E-state index is -0.150. The Bertz CT molecular complexity index is 683. The van der Waals surface area contributed by atoms with Gasteiger partial charge in [0.05, 0.1) is 18.8 Å². The number of hydrogen-bond acceptors (Lipinski definition) is 4. The summed E-state index contributed by atoms with van der Waals surface area (Å²) in [4.78, 5) is 12.5. The van der Waals surface area contributed by atoms with Gasteiger partial charge in [0.15, 0.2) is 0 Å². The lowest BCUT2D eigenvalue weighted by Crippen LogP contribution is -2.36. The third-order valence-corrected chi connectivity index (χ3v) is 3.87. The first-order chi connectivity index (χ1) is 11.2. The number of nitrogens with zero attached hydrogens (tertiary/aromatic N) is 2. The van der Waals surface area contributed by atoms with E-state index < -0.39 is 0 Å². The lowest BCUT2D eigenvalue weighted by atomic mass is 10.0. The van der Waals surface area contributed by atoms with Gasteiger partial charge in [-0.1, -0.05) is 6.07 Å². The van der Waals surface area contributed by atoms with Crippen LogP contribution in [0.25, 0.3) is 0 Å². The fourth-order valence-corrected chi connectivity index (χ4v) is 2.80. The molecule has 0 unspecified atom stereocenters. The highest BCUT2D eigenvalue weighted by atomic mass is 16.5. The molecule has 1 aliphatic rings. The predicted molar refractivity (Wildman–Crippen MR) is 85.4 cm³/mol. The van der Waals surface area contributed by atoms with Crippen LogP contribution in [0.5, 0.6) is 5.75 Å². The summed E-state index contributed by atoms with van der Waals surface area (Å²) in [5.41, 5.74) is 1.58. The molecule has 1 saturated heterocycles. The van der Waals surface area contributed by atoms with Crippen LogP contribution in [0.2, 0.25) is 0 Å². The summed E-state index contributed by atoms with van der Waals surface area (Å²) in [5.74, 6) is 0.586. The Morgan fingerprint density at radius 3 is 3.13 bits per heavy atom. The molecule has 3 rings (SSSR count). The van der Waals surface area contributed by atoms with E-state index in [1.807, 2.05) is 32.3 Å². The summed E-state index contributed by atoms with van der Waals surface area (Å²) >= 11 is 0. The van der Waals surface area contributed by atoms with Crippen LogP contribution in [0.4, 0.5) is 0 Å². The maximum Gasteiger partial charge on any atom is 0.251 e. The highest BCUT2D eigenvalue weighted by molar-refractivity contribution is 5.94. The quantitative estimate of drug-likeness (QED) is 0.917. The molecule has 2 atom stereocenters. The number of benzene rings is 1. The molecule has 2 aromatic rings. The van der Waals surface area contributed by atoms with Crippen LogP contribution in [-0.4, -0.2) is 34.9 Å². The average Bonchev–Trinajstić information content (AvgIpc) is 3.16. The summed E-state index contributed by atoms with van der Waals surface area (Å²) < 4.78 is 13.0. The van der Waals surface area contributed by atoms with Crippen molar-refractivity contribution in [1.29, 1.82) is 0 Å². The topological polar surface area (TPSA) is 65.4 Å². The largest absolute Gasteiger partial charge is 0.494 e. The molecule has 1 aromatic carbocycles. The molecule has 1 amide bonds. The first-order valence-electron chi connectivity index (χ1n) is 7.81. The van der Waals surface area contributed by atoms with Gasteiger partial charge in [0.25, 0.3) is 5.91 Å². The van der Waals surface area contributed by atoms with Gasteiger partial charge in [-0.15, -0.1) is 0 Å². The third-order valence-electron chi connectivity index (χ3n) is 3.87. The number of amides is 1. The summed E-state index contributed by atoms with van der Waals surface area (Å²) in [6.07, 6.45) is 4.34. The van der Waals surface area contributed by atoms with E-state index in [1.54, 1.807) is 23.0 Å². The van der Waals surface area contributed by atoms with Gasteiger partial charge in [0.2, 0.25) is 0 Å². The molecule has 1 aromatic heterocycles. The van der Waals surface area contributed by atoms with E-state index in [-0.39, 0.29) is 18.1 Å². The van der Waals surface area contributed by atoms with Crippen molar-refractivity contribution in [2.75, 3.05) is 13.2 Å². The average molecular weight is 315 g/mol. The van der Waals surface area contributed by atoms with E-state index in [1.165, 1.54) is 0 Å². The van der Waals surface area contributed by atoms with Crippen molar-refractivity contribution in [3.63, 3.8) is 0 Å². The Hall–Kier alpha value is -2.34. The molecule has 1 N–H and O–H groups in total. The van der Waals surface area contributed by atoms with Crippen molar-refractivity contribution in [2.45, 2.75) is 25.5 Å². The maximum absolute atomic E-state index is 12.5. The Morgan fingerprint density at radius 1 is 1.52 bits per heavy atom. The lowest BCUT2D eigenvalue weighted by molar-refractivity contribution is 0.0821. The smallest absolute Gasteiger partial charge is 0.251 e. The van der Waals surface area contributed by atoms with Crippen LogP contribution in [0.1, 0.15) is 35.4 Å². The van der Waals surface area contributed by atoms with E-state index in [0.29, 0.717) is 24.5 Å². The van der Waals surface area contributed by atoms with E-state index in [0.717, 1.165) is 12.0 Å². The van der Waals surface area contributed by atoms with Crippen LogP contribution in [0.15, 0.2) is 36.7 Å². The number of ether oxygens (including phenoxy) is 2. The fourth-order valence-electron chi connectivity index (χ4n) is 2.80. The van der Waals surface area contributed by atoms with Crippen molar-refractivity contribution in [3.8, 4) is 5.75 Å². The Kier molecular flexibility index (Phi) is 4.62. The zero-order valence-electron chi connectivity index (χ0n) is 13.4. The Balaban J connectivity index is 1.70. The minimum absolute atomic E-state index is 0.0533.